The second-order valence-corrected chi connectivity index (χ2v) is 7.02. The van der Waals surface area contributed by atoms with E-state index in [0.717, 1.165) is 10.6 Å². The first-order valence-corrected chi connectivity index (χ1v) is 8.85. The largest absolute Gasteiger partial charge is 0.360 e. The average Bonchev–Trinajstić information content (AvgIpc) is 2.91. The van der Waals surface area contributed by atoms with Gasteiger partial charge in [0.1, 0.15) is 5.76 Å². The third kappa shape index (κ3) is 4.57. The summed E-state index contributed by atoms with van der Waals surface area (Å²) in [6, 6.07) is 9.62. The van der Waals surface area contributed by atoms with Crippen molar-refractivity contribution < 1.29 is 17.7 Å². The Morgan fingerprint density at radius 2 is 2.04 bits per heavy atom. The first-order valence-electron chi connectivity index (χ1n) is 7.00. The van der Waals surface area contributed by atoms with Crippen LogP contribution in [0.15, 0.2) is 34.9 Å². The summed E-state index contributed by atoms with van der Waals surface area (Å²) in [5, 5.41) is 15.0. The summed E-state index contributed by atoms with van der Waals surface area (Å²) in [6.07, 6.45) is 1.00. The molecule has 0 saturated heterocycles. The average molecular weight is 348 g/mol. The Morgan fingerprint density at radius 3 is 2.54 bits per heavy atom. The number of nitriles is 1. The van der Waals surface area contributed by atoms with Crippen molar-refractivity contribution in [1.82, 2.24) is 5.16 Å². The molecule has 0 fully saturated rings. The molecule has 0 radical (unpaired) electrons. The summed E-state index contributed by atoms with van der Waals surface area (Å²) in [5.41, 5.74) is 0.813. The maximum Gasteiger partial charge on any atom is 0.232 e. The third-order valence-corrected chi connectivity index (χ3v) is 4.32. The third-order valence-electron chi connectivity index (χ3n) is 3.12. The lowest BCUT2D eigenvalue weighted by atomic mass is 10.2. The number of anilines is 2. The van der Waals surface area contributed by atoms with Crippen molar-refractivity contribution in [2.45, 2.75) is 13.3 Å². The fourth-order valence-electron chi connectivity index (χ4n) is 2.02. The minimum atomic E-state index is -3.57. The molecule has 8 nitrogen and oxygen atoms in total. The highest BCUT2D eigenvalue weighted by atomic mass is 32.2. The summed E-state index contributed by atoms with van der Waals surface area (Å²) in [6.45, 7) is 1.66. The van der Waals surface area contributed by atoms with Gasteiger partial charge < -0.3 is 9.84 Å². The lowest BCUT2D eigenvalue weighted by Gasteiger charge is -2.22. The van der Waals surface area contributed by atoms with E-state index < -0.39 is 10.0 Å². The van der Waals surface area contributed by atoms with Gasteiger partial charge in [0.2, 0.25) is 15.9 Å². The Bertz CT molecular complexity index is 866. The highest BCUT2D eigenvalue weighted by Crippen LogP contribution is 2.19. The van der Waals surface area contributed by atoms with Crippen LogP contribution >= 0.6 is 0 Å². The van der Waals surface area contributed by atoms with Crippen LogP contribution in [0.3, 0.4) is 0 Å². The standard InChI is InChI=1S/C15H16N4O4S/c1-11-9-14(18-23-11)17-15(20)7-8-19(24(2,21)22)13-5-3-12(10-16)4-6-13/h3-6,9H,7-8H2,1-2H3,(H,17,18,20). The van der Waals surface area contributed by atoms with Crippen molar-refractivity contribution in [3.63, 3.8) is 0 Å². The van der Waals surface area contributed by atoms with Gasteiger partial charge in [0.25, 0.3) is 0 Å². The van der Waals surface area contributed by atoms with Crippen molar-refractivity contribution in [2.24, 2.45) is 0 Å². The van der Waals surface area contributed by atoms with Crippen molar-refractivity contribution in [1.29, 1.82) is 5.26 Å². The van der Waals surface area contributed by atoms with Crippen molar-refractivity contribution in [3.8, 4) is 6.07 Å². The predicted molar refractivity (Wildman–Crippen MR) is 87.8 cm³/mol. The molecule has 9 heteroatoms. The number of hydrogen-bond acceptors (Lipinski definition) is 6. The van der Waals surface area contributed by atoms with E-state index in [1.807, 2.05) is 6.07 Å². The topological polar surface area (TPSA) is 116 Å². The summed E-state index contributed by atoms with van der Waals surface area (Å²) >= 11 is 0. The lowest BCUT2D eigenvalue weighted by molar-refractivity contribution is -0.116. The fraction of sp³-hybridized carbons (Fsp3) is 0.267. The normalized spacial score (nSPS) is 10.9. The molecule has 0 spiro atoms. The number of aryl methyl sites for hydroxylation is 1. The molecular weight excluding hydrogens is 332 g/mol. The van der Waals surface area contributed by atoms with Crippen LogP contribution in [0, 0.1) is 18.3 Å². The van der Waals surface area contributed by atoms with Gasteiger partial charge >= 0.3 is 0 Å². The van der Waals surface area contributed by atoms with Crippen LogP contribution in [0.2, 0.25) is 0 Å². The molecule has 0 unspecified atom stereocenters. The first-order chi connectivity index (χ1) is 11.3. The Labute approximate surface area is 139 Å². The first kappa shape index (κ1) is 17.5. The molecule has 24 heavy (non-hydrogen) atoms. The zero-order chi connectivity index (χ0) is 17.7. The molecule has 0 aliphatic heterocycles. The van der Waals surface area contributed by atoms with E-state index in [9.17, 15) is 13.2 Å². The van der Waals surface area contributed by atoms with E-state index in [1.165, 1.54) is 24.3 Å². The van der Waals surface area contributed by atoms with E-state index in [1.54, 1.807) is 13.0 Å². The van der Waals surface area contributed by atoms with Gasteiger partial charge in [0.15, 0.2) is 5.82 Å². The van der Waals surface area contributed by atoms with Crippen LogP contribution < -0.4 is 9.62 Å². The molecule has 0 bridgehead atoms. The number of rotatable bonds is 6. The summed E-state index contributed by atoms with van der Waals surface area (Å²) in [7, 11) is -3.57. The van der Waals surface area contributed by atoms with Crippen LogP contribution in [0.25, 0.3) is 0 Å². The molecular formula is C15H16N4O4S. The molecule has 1 N–H and O–H groups in total. The highest BCUT2D eigenvalue weighted by molar-refractivity contribution is 7.92. The second-order valence-electron chi connectivity index (χ2n) is 5.11. The Hall–Kier alpha value is -2.86. The van der Waals surface area contributed by atoms with Crippen molar-refractivity contribution >= 4 is 27.4 Å². The second kappa shape index (κ2) is 7.14. The lowest BCUT2D eigenvalue weighted by Crippen LogP contribution is -2.33. The van der Waals surface area contributed by atoms with Crippen molar-refractivity contribution in [3.05, 3.63) is 41.7 Å². The number of benzene rings is 1. The van der Waals surface area contributed by atoms with Gasteiger partial charge in [-0.2, -0.15) is 5.26 Å². The number of amides is 1. The van der Waals surface area contributed by atoms with Crippen LogP contribution in [-0.4, -0.2) is 32.3 Å². The SMILES string of the molecule is Cc1cc(NC(=O)CCN(c2ccc(C#N)cc2)S(C)(=O)=O)no1. The highest BCUT2D eigenvalue weighted by Gasteiger charge is 2.19. The van der Waals surface area contributed by atoms with Gasteiger partial charge in [-0.25, -0.2) is 8.42 Å². The maximum atomic E-state index is 12.0. The van der Waals surface area contributed by atoms with Gasteiger partial charge in [-0.1, -0.05) is 5.16 Å². The molecule has 1 heterocycles. The quantitative estimate of drug-likeness (QED) is 0.848. The minimum Gasteiger partial charge on any atom is -0.360 e. The van der Waals surface area contributed by atoms with Gasteiger partial charge in [-0.15, -0.1) is 0 Å². The van der Waals surface area contributed by atoms with E-state index in [4.69, 9.17) is 9.78 Å². The Morgan fingerprint density at radius 1 is 1.38 bits per heavy atom. The van der Waals surface area contributed by atoms with Gasteiger partial charge in [-0.3, -0.25) is 9.10 Å². The number of sulfonamides is 1. The van der Waals surface area contributed by atoms with Crippen LogP contribution in [-0.2, 0) is 14.8 Å². The van der Waals surface area contributed by atoms with Gasteiger partial charge in [0.05, 0.1) is 23.6 Å². The zero-order valence-corrected chi connectivity index (χ0v) is 14.0. The molecule has 0 saturated carbocycles. The molecule has 126 valence electrons. The maximum absolute atomic E-state index is 12.0. The zero-order valence-electron chi connectivity index (χ0n) is 13.2. The molecule has 0 atom stereocenters. The van der Waals surface area contributed by atoms with Crippen LogP contribution in [0.5, 0.6) is 0 Å². The van der Waals surface area contributed by atoms with Crippen LogP contribution in [0.1, 0.15) is 17.7 Å². The molecule has 2 rings (SSSR count). The van der Waals surface area contributed by atoms with Gasteiger partial charge in [-0.05, 0) is 31.2 Å². The molecule has 0 aliphatic carbocycles. The number of carbonyl (C=O) groups excluding carboxylic acids is 1. The summed E-state index contributed by atoms with van der Waals surface area (Å²) in [5.74, 6) is 0.452. The fourth-order valence-corrected chi connectivity index (χ4v) is 2.95. The number of aromatic nitrogens is 1. The molecule has 1 amide bonds. The van der Waals surface area contributed by atoms with Gasteiger partial charge in [0, 0.05) is 19.0 Å². The molecule has 1 aromatic heterocycles. The number of nitrogens with one attached hydrogen (secondary N) is 1. The molecule has 1 aromatic carbocycles. The number of carbonyl (C=O) groups is 1. The van der Waals surface area contributed by atoms with Crippen molar-refractivity contribution in [2.75, 3.05) is 22.4 Å². The Balaban J connectivity index is 2.06. The monoisotopic (exact) mass is 348 g/mol. The van der Waals surface area contributed by atoms with E-state index in [-0.39, 0.29) is 24.7 Å². The summed E-state index contributed by atoms with van der Waals surface area (Å²) in [4.78, 5) is 11.9. The minimum absolute atomic E-state index is 0.0343. The molecule has 0 aliphatic rings. The van der Waals surface area contributed by atoms with E-state index in [0.29, 0.717) is 17.0 Å². The number of hydrogen-bond donors (Lipinski definition) is 1. The van der Waals surface area contributed by atoms with E-state index >= 15 is 0 Å². The smallest absolute Gasteiger partial charge is 0.232 e. The number of nitrogens with zero attached hydrogens (tertiary/aromatic N) is 3. The summed E-state index contributed by atoms with van der Waals surface area (Å²) < 4.78 is 29.9. The predicted octanol–water partition coefficient (Wildman–Crippen LogP) is 1.65. The van der Waals surface area contributed by atoms with E-state index in [2.05, 4.69) is 10.5 Å². The van der Waals surface area contributed by atoms with Crippen LogP contribution in [0.4, 0.5) is 11.5 Å². The molecule has 2 aromatic rings. The Kier molecular flexibility index (Phi) is 5.21.